The zero-order valence-corrected chi connectivity index (χ0v) is 12.1. The third-order valence-electron chi connectivity index (χ3n) is 4.05. The Bertz CT molecular complexity index is 229. The lowest BCUT2D eigenvalue weighted by atomic mass is 9.87. The highest BCUT2D eigenvalue weighted by Crippen LogP contribution is 2.26. The number of unbranched alkanes of at least 4 members (excludes halogenated alkanes) is 1. The Balaban J connectivity index is 2.18. The summed E-state index contributed by atoms with van der Waals surface area (Å²) in [5.74, 6) is 0.513. The fourth-order valence-electron chi connectivity index (χ4n) is 2.88. The van der Waals surface area contributed by atoms with Crippen molar-refractivity contribution in [2.75, 3.05) is 32.8 Å². The van der Waals surface area contributed by atoms with E-state index in [0.29, 0.717) is 25.2 Å². The summed E-state index contributed by atoms with van der Waals surface area (Å²) in [6, 6.07) is 0. The number of nitrogens with zero attached hydrogens (tertiary/aromatic N) is 1. The van der Waals surface area contributed by atoms with Crippen LogP contribution in [0.5, 0.6) is 0 Å². The van der Waals surface area contributed by atoms with Crippen LogP contribution in [0.2, 0.25) is 0 Å². The molecule has 0 spiro atoms. The molecule has 1 rings (SSSR count). The van der Waals surface area contributed by atoms with Crippen LogP contribution >= 0.6 is 0 Å². The van der Waals surface area contributed by atoms with Crippen LogP contribution in [0.4, 0.5) is 0 Å². The Morgan fingerprint density at radius 1 is 1.16 bits per heavy atom. The lowest BCUT2D eigenvalue weighted by molar-refractivity contribution is -0.00216. The second-order valence-electron chi connectivity index (χ2n) is 5.92. The fourth-order valence-corrected chi connectivity index (χ4v) is 2.88. The van der Waals surface area contributed by atoms with Gasteiger partial charge in [-0.05, 0) is 77.0 Å². The molecule has 1 unspecified atom stereocenters. The minimum Gasteiger partial charge on any atom is -0.396 e. The SMILES string of the molecule is NCCCCN1CCC(CC(N)(O)CCCO)CC1. The first-order chi connectivity index (χ1) is 9.07. The number of aliphatic hydroxyl groups excluding tert-OH is 1. The number of hydrogen-bond acceptors (Lipinski definition) is 5. The Morgan fingerprint density at radius 2 is 1.84 bits per heavy atom. The van der Waals surface area contributed by atoms with Gasteiger partial charge in [-0.2, -0.15) is 0 Å². The second kappa shape index (κ2) is 8.87. The number of rotatable bonds is 9. The highest BCUT2D eigenvalue weighted by Gasteiger charge is 2.28. The fraction of sp³-hybridized carbons (Fsp3) is 1.00. The molecule has 1 heterocycles. The van der Waals surface area contributed by atoms with Crippen molar-refractivity contribution < 1.29 is 10.2 Å². The standard InChI is InChI=1S/C14H31N3O2/c15-7-1-2-8-17-9-4-13(5-10-17)12-14(16,19)6-3-11-18/h13,18-19H,1-12,15-16H2. The van der Waals surface area contributed by atoms with E-state index in [0.717, 1.165) is 45.4 Å². The zero-order valence-electron chi connectivity index (χ0n) is 12.1. The van der Waals surface area contributed by atoms with Crippen LogP contribution < -0.4 is 11.5 Å². The molecule has 5 nitrogen and oxygen atoms in total. The number of aliphatic hydroxyl groups is 2. The van der Waals surface area contributed by atoms with E-state index in [1.165, 1.54) is 6.42 Å². The summed E-state index contributed by atoms with van der Waals surface area (Å²) in [7, 11) is 0. The van der Waals surface area contributed by atoms with Crippen molar-refractivity contribution in [2.45, 2.75) is 50.7 Å². The molecule has 0 aromatic carbocycles. The Labute approximate surface area is 117 Å². The maximum atomic E-state index is 10.1. The van der Waals surface area contributed by atoms with Gasteiger partial charge >= 0.3 is 0 Å². The molecule has 0 aromatic heterocycles. The summed E-state index contributed by atoms with van der Waals surface area (Å²) in [5.41, 5.74) is 10.3. The number of hydrogen-bond donors (Lipinski definition) is 4. The molecule has 19 heavy (non-hydrogen) atoms. The molecule has 1 fully saturated rings. The van der Waals surface area contributed by atoms with Crippen molar-refractivity contribution in [1.29, 1.82) is 0 Å². The first-order valence-corrected chi connectivity index (χ1v) is 7.62. The van der Waals surface area contributed by atoms with Crippen LogP contribution in [0.3, 0.4) is 0 Å². The van der Waals surface area contributed by atoms with Gasteiger partial charge in [0, 0.05) is 6.61 Å². The van der Waals surface area contributed by atoms with Gasteiger partial charge in [-0.15, -0.1) is 0 Å². The van der Waals surface area contributed by atoms with E-state index < -0.39 is 5.72 Å². The van der Waals surface area contributed by atoms with Crippen molar-refractivity contribution in [2.24, 2.45) is 17.4 Å². The van der Waals surface area contributed by atoms with Crippen LogP contribution in [-0.2, 0) is 0 Å². The van der Waals surface area contributed by atoms with Crippen molar-refractivity contribution in [1.82, 2.24) is 4.90 Å². The van der Waals surface area contributed by atoms with E-state index >= 15 is 0 Å². The van der Waals surface area contributed by atoms with Crippen LogP contribution in [0, 0.1) is 5.92 Å². The third kappa shape index (κ3) is 7.22. The van der Waals surface area contributed by atoms with Crippen LogP contribution in [-0.4, -0.2) is 53.6 Å². The molecule has 1 saturated heterocycles. The van der Waals surface area contributed by atoms with Gasteiger partial charge in [-0.1, -0.05) is 0 Å². The molecule has 0 radical (unpaired) electrons. The summed E-state index contributed by atoms with van der Waals surface area (Å²) >= 11 is 0. The van der Waals surface area contributed by atoms with E-state index in [2.05, 4.69) is 4.90 Å². The van der Waals surface area contributed by atoms with Gasteiger partial charge < -0.3 is 26.6 Å². The van der Waals surface area contributed by atoms with Crippen LogP contribution in [0.1, 0.15) is 44.9 Å². The van der Waals surface area contributed by atoms with Crippen molar-refractivity contribution in [3.8, 4) is 0 Å². The molecule has 6 N–H and O–H groups in total. The smallest absolute Gasteiger partial charge is 0.113 e. The van der Waals surface area contributed by atoms with E-state index in [9.17, 15) is 5.11 Å². The summed E-state index contributed by atoms with van der Waals surface area (Å²) in [6.45, 7) is 4.22. The molecule has 0 amide bonds. The third-order valence-corrected chi connectivity index (χ3v) is 4.05. The number of piperidine rings is 1. The van der Waals surface area contributed by atoms with Crippen molar-refractivity contribution in [3.63, 3.8) is 0 Å². The second-order valence-corrected chi connectivity index (χ2v) is 5.92. The van der Waals surface area contributed by atoms with E-state index in [4.69, 9.17) is 16.6 Å². The average Bonchev–Trinajstić information content (AvgIpc) is 2.38. The molecule has 0 bridgehead atoms. The van der Waals surface area contributed by atoms with Gasteiger partial charge in [0.25, 0.3) is 0 Å². The lowest BCUT2D eigenvalue weighted by Crippen LogP contribution is -2.44. The van der Waals surface area contributed by atoms with Gasteiger partial charge in [0.1, 0.15) is 5.72 Å². The summed E-state index contributed by atoms with van der Waals surface area (Å²) < 4.78 is 0. The molecular formula is C14H31N3O2. The highest BCUT2D eigenvalue weighted by molar-refractivity contribution is 4.80. The van der Waals surface area contributed by atoms with Crippen molar-refractivity contribution in [3.05, 3.63) is 0 Å². The Morgan fingerprint density at radius 3 is 2.42 bits per heavy atom. The van der Waals surface area contributed by atoms with Gasteiger partial charge in [0.15, 0.2) is 0 Å². The quantitative estimate of drug-likeness (QED) is 0.357. The molecule has 0 aliphatic carbocycles. The molecule has 0 saturated carbocycles. The first kappa shape index (κ1) is 16.9. The molecule has 1 aliphatic rings. The monoisotopic (exact) mass is 273 g/mol. The molecule has 1 aliphatic heterocycles. The molecular weight excluding hydrogens is 242 g/mol. The zero-order chi connectivity index (χ0) is 14.1. The van der Waals surface area contributed by atoms with Gasteiger partial charge in [0.05, 0.1) is 0 Å². The summed E-state index contributed by atoms with van der Waals surface area (Å²) in [5, 5.41) is 18.9. The lowest BCUT2D eigenvalue weighted by Gasteiger charge is -2.35. The predicted octanol–water partition coefficient (Wildman–Crippen LogP) is 0.247. The maximum absolute atomic E-state index is 10.1. The van der Waals surface area contributed by atoms with Gasteiger partial charge in [0.2, 0.25) is 0 Å². The summed E-state index contributed by atoms with van der Waals surface area (Å²) in [6.07, 6.45) is 6.22. The topological polar surface area (TPSA) is 95.7 Å². The normalized spacial score (nSPS) is 21.5. The van der Waals surface area contributed by atoms with E-state index in [1.807, 2.05) is 0 Å². The molecule has 114 valence electrons. The first-order valence-electron chi connectivity index (χ1n) is 7.62. The van der Waals surface area contributed by atoms with Gasteiger partial charge in [-0.25, -0.2) is 0 Å². The average molecular weight is 273 g/mol. The molecule has 5 heteroatoms. The Hall–Kier alpha value is -0.200. The number of likely N-dealkylation sites (tertiary alicyclic amines) is 1. The highest BCUT2D eigenvalue weighted by atomic mass is 16.3. The number of nitrogens with two attached hydrogens (primary N) is 2. The predicted molar refractivity (Wildman–Crippen MR) is 77.5 cm³/mol. The molecule has 1 atom stereocenters. The van der Waals surface area contributed by atoms with Gasteiger partial charge in [-0.3, -0.25) is 0 Å². The largest absolute Gasteiger partial charge is 0.396 e. The van der Waals surface area contributed by atoms with Crippen LogP contribution in [0.25, 0.3) is 0 Å². The summed E-state index contributed by atoms with van der Waals surface area (Å²) in [4.78, 5) is 2.48. The van der Waals surface area contributed by atoms with E-state index in [-0.39, 0.29) is 6.61 Å². The minimum absolute atomic E-state index is 0.0963. The minimum atomic E-state index is -1.10. The Kier molecular flexibility index (Phi) is 7.87. The van der Waals surface area contributed by atoms with Crippen LogP contribution in [0.15, 0.2) is 0 Å². The molecule has 0 aromatic rings. The van der Waals surface area contributed by atoms with E-state index in [1.54, 1.807) is 0 Å². The maximum Gasteiger partial charge on any atom is 0.113 e. The van der Waals surface area contributed by atoms with Crippen molar-refractivity contribution >= 4 is 0 Å².